The third-order valence-corrected chi connectivity index (χ3v) is 4.45. The Morgan fingerprint density at radius 2 is 2.23 bits per heavy atom. The van der Waals surface area contributed by atoms with Crippen molar-refractivity contribution in [1.29, 1.82) is 5.26 Å². The van der Waals surface area contributed by atoms with Crippen LogP contribution >= 0.6 is 0 Å². The Labute approximate surface area is 145 Å². The average molecular weight is 366 g/mol. The monoisotopic (exact) mass is 366 g/mol. The van der Waals surface area contributed by atoms with E-state index >= 15 is 0 Å². The number of hydrogen-bond acceptors (Lipinski definition) is 7. The predicted molar refractivity (Wildman–Crippen MR) is 79.1 cm³/mol. The molecule has 2 aliphatic heterocycles. The summed E-state index contributed by atoms with van der Waals surface area (Å²) in [6.45, 7) is 1.88. The van der Waals surface area contributed by atoms with Gasteiger partial charge in [0.2, 0.25) is 0 Å². The molecule has 2 fully saturated rings. The molecule has 2 aliphatic rings. The van der Waals surface area contributed by atoms with Crippen molar-refractivity contribution in [1.82, 2.24) is 25.1 Å². The summed E-state index contributed by atoms with van der Waals surface area (Å²) in [4.78, 5) is 2.19. The van der Waals surface area contributed by atoms with Gasteiger partial charge >= 0.3 is 6.36 Å². The lowest BCUT2D eigenvalue weighted by Crippen LogP contribution is -2.37. The number of aromatic nitrogens is 4. The van der Waals surface area contributed by atoms with Gasteiger partial charge in [0.25, 0.3) is 0 Å². The lowest BCUT2D eigenvalue weighted by Gasteiger charge is -2.25. The third-order valence-electron chi connectivity index (χ3n) is 4.45. The second-order valence-corrected chi connectivity index (χ2v) is 6.12. The molecule has 1 aromatic heterocycles. The van der Waals surface area contributed by atoms with Crippen LogP contribution in [0.2, 0.25) is 0 Å². The summed E-state index contributed by atoms with van der Waals surface area (Å²) in [6, 6.07) is 5.79. The molecule has 0 aliphatic carbocycles. The summed E-state index contributed by atoms with van der Waals surface area (Å²) < 4.78 is 48.6. The highest BCUT2D eigenvalue weighted by atomic mass is 19.4. The van der Waals surface area contributed by atoms with E-state index in [9.17, 15) is 13.2 Å². The Morgan fingerprint density at radius 1 is 1.38 bits per heavy atom. The first-order valence-electron chi connectivity index (χ1n) is 7.86. The summed E-state index contributed by atoms with van der Waals surface area (Å²) in [5, 5.41) is 20.4. The van der Waals surface area contributed by atoms with Crippen LogP contribution in [0.25, 0.3) is 5.69 Å². The van der Waals surface area contributed by atoms with Crippen molar-refractivity contribution in [3.05, 3.63) is 29.6 Å². The first kappa shape index (κ1) is 16.7. The van der Waals surface area contributed by atoms with Gasteiger partial charge in [-0.15, -0.1) is 18.3 Å². The fourth-order valence-corrected chi connectivity index (χ4v) is 3.30. The van der Waals surface area contributed by atoms with Crippen LogP contribution in [0.1, 0.15) is 17.8 Å². The molecule has 0 radical (unpaired) electrons. The van der Waals surface area contributed by atoms with Gasteiger partial charge in [0.15, 0.2) is 5.82 Å². The summed E-state index contributed by atoms with van der Waals surface area (Å²) in [6.07, 6.45) is -3.73. The minimum absolute atomic E-state index is 0.214. The van der Waals surface area contributed by atoms with Crippen LogP contribution in [-0.2, 0) is 11.3 Å². The molecule has 1 aromatic carbocycles. The Balaban J connectivity index is 1.61. The summed E-state index contributed by atoms with van der Waals surface area (Å²) >= 11 is 0. The maximum absolute atomic E-state index is 12.6. The normalized spacial score (nSPS) is 22.5. The Hall–Kier alpha value is -2.71. The van der Waals surface area contributed by atoms with Crippen molar-refractivity contribution in [3.63, 3.8) is 0 Å². The lowest BCUT2D eigenvalue weighted by atomic mass is 10.2. The Bertz CT molecular complexity index is 862. The number of tetrazole rings is 1. The van der Waals surface area contributed by atoms with Crippen LogP contribution < -0.4 is 4.74 Å². The number of benzene rings is 1. The zero-order valence-electron chi connectivity index (χ0n) is 13.3. The van der Waals surface area contributed by atoms with Gasteiger partial charge in [-0.05, 0) is 29.0 Å². The minimum atomic E-state index is -4.90. The number of alkyl halides is 3. The summed E-state index contributed by atoms with van der Waals surface area (Å²) in [5.74, 6) is -0.104. The molecule has 0 saturated carbocycles. The maximum Gasteiger partial charge on any atom is 0.573 e. The second-order valence-electron chi connectivity index (χ2n) is 6.12. The van der Waals surface area contributed by atoms with Crippen LogP contribution in [0.5, 0.6) is 5.75 Å². The van der Waals surface area contributed by atoms with Gasteiger partial charge in [-0.1, -0.05) is 0 Å². The van der Waals surface area contributed by atoms with Gasteiger partial charge < -0.3 is 9.47 Å². The topological polar surface area (TPSA) is 89.1 Å². The van der Waals surface area contributed by atoms with Crippen LogP contribution in [0.15, 0.2) is 18.2 Å². The highest BCUT2D eigenvalue weighted by molar-refractivity contribution is 5.50. The maximum atomic E-state index is 12.6. The van der Waals surface area contributed by atoms with Crippen molar-refractivity contribution >= 4 is 0 Å². The predicted octanol–water partition coefficient (Wildman–Crippen LogP) is 1.41. The number of rotatable bonds is 4. The number of halogens is 3. The zero-order chi connectivity index (χ0) is 18.3. The van der Waals surface area contributed by atoms with Crippen molar-refractivity contribution in [3.8, 4) is 17.5 Å². The highest BCUT2D eigenvalue weighted by Gasteiger charge is 2.39. The first-order chi connectivity index (χ1) is 12.4. The van der Waals surface area contributed by atoms with Gasteiger partial charge in [-0.25, -0.2) is 0 Å². The fourth-order valence-electron chi connectivity index (χ4n) is 3.30. The van der Waals surface area contributed by atoms with E-state index < -0.39 is 12.1 Å². The minimum Gasteiger partial charge on any atom is -0.404 e. The largest absolute Gasteiger partial charge is 0.573 e. The van der Waals surface area contributed by atoms with Crippen molar-refractivity contribution in [2.75, 3.05) is 13.2 Å². The molecule has 4 rings (SSSR count). The number of fused-ring (bicyclic) bond motifs is 2. The van der Waals surface area contributed by atoms with Crippen molar-refractivity contribution in [2.24, 2.45) is 0 Å². The van der Waals surface area contributed by atoms with Crippen molar-refractivity contribution < 1.29 is 22.6 Å². The van der Waals surface area contributed by atoms with E-state index in [1.165, 1.54) is 16.8 Å². The molecule has 2 aromatic rings. The Morgan fingerprint density at radius 3 is 2.88 bits per heavy atom. The molecule has 26 heavy (non-hydrogen) atoms. The number of hydrogen-bond donors (Lipinski definition) is 0. The molecule has 0 N–H and O–H groups in total. The third kappa shape index (κ3) is 3.21. The van der Waals surface area contributed by atoms with Gasteiger partial charge in [-0.2, -0.15) is 9.94 Å². The molecule has 11 heteroatoms. The molecule has 2 saturated heterocycles. The molecule has 8 nitrogen and oxygen atoms in total. The summed E-state index contributed by atoms with van der Waals surface area (Å²) in [7, 11) is 0. The number of likely N-dealkylation sites (tertiary alicyclic amines) is 1. The zero-order valence-corrected chi connectivity index (χ0v) is 13.3. The fraction of sp³-hybridized carbons (Fsp3) is 0.467. The molecule has 0 amide bonds. The number of nitriles is 1. The van der Waals surface area contributed by atoms with Crippen LogP contribution in [0.4, 0.5) is 13.2 Å². The standard InChI is InChI=1S/C15H13F3N6O2/c16-15(17,18)26-13-4-10(2-1-9(13)5-19)24-14(20-21-22-24)7-23-6-12-3-11(23)8-25-12/h1-2,4,11-12H,3,6-8H2/t11-,12-/m0/s1. The van der Waals surface area contributed by atoms with E-state index in [-0.39, 0.29) is 17.4 Å². The van der Waals surface area contributed by atoms with Crippen molar-refractivity contribution in [2.45, 2.75) is 31.5 Å². The van der Waals surface area contributed by atoms with Gasteiger partial charge in [0.1, 0.15) is 11.8 Å². The Kier molecular flexibility index (Phi) is 4.01. The van der Waals surface area contributed by atoms with E-state index in [2.05, 4.69) is 25.2 Å². The van der Waals surface area contributed by atoms with E-state index in [4.69, 9.17) is 10.00 Å². The number of ether oxygens (including phenoxy) is 2. The summed E-state index contributed by atoms with van der Waals surface area (Å²) in [5.41, 5.74) is 0.0542. The van der Waals surface area contributed by atoms with Crippen LogP contribution in [0.3, 0.4) is 0 Å². The van der Waals surface area contributed by atoms with Gasteiger partial charge in [0.05, 0.1) is 30.5 Å². The van der Waals surface area contributed by atoms with E-state index in [0.29, 0.717) is 25.0 Å². The molecular formula is C15H13F3N6O2. The molecule has 2 atom stereocenters. The average Bonchev–Trinajstić information content (AvgIpc) is 3.30. The molecule has 0 spiro atoms. The SMILES string of the molecule is N#Cc1ccc(-n2nnnc2CN2C[C@@H]3C[C@H]2CO3)cc1OC(F)(F)F. The number of nitrogens with zero attached hydrogens (tertiary/aromatic N) is 6. The van der Waals surface area contributed by atoms with Crippen LogP contribution in [0, 0.1) is 11.3 Å². The smallest absolute Gasteiger partial charge is 0.404 e. The quantitative estimate of drug-likeness (QED) is 0.808. The van der Waals surface area contributed by atoms with Gasteiger partial charge in [0, 0.05) is 18.7 Å². The van der Waals surface area contributed by atoms with E-state index in [0.717, 1.165) is 19.0 Å². The van der Waals surface area contributed by atoms with Crippen LogP contribution in [-0.4, -0.2) is 56.8 Å². The van der Waals surface area contributed by atoms with Gasteiger partial charge in [-0.3, -0.25) is 4.90 Å². The molecule has 0 unspecified atom stereocenters. The molecule has 2 bridgehead atoms. The first-order valence-corrected chi connectivity index (χ1v) is 7.86. The second kappa shape index (κ2) is 6.22. The molecule has 136 valence electrons. The number of morpholine rings is 1. The molecule has 3 heterocycles. The highest BCUT2D eigenvalue weighted by Crippen LogP contribution is 2.30. The van der Waals surface area contributed by atoms with E-state index in [1.807, 2.05) is 0 Å². The lowest BCUT2D eigenvalue weighted by molar-refractivity contribution is -0.274. The van der Waals surface area contributed by atoms with E-state index in [1.54, 1.807) is 6.07 Å². The molecular weight excluding hydrogens is 353 g/mol.